The third-order valence-electron chi connectivity index (χ3n) is 4.69. The van der Waals surface area contributed by atoms with Crippen LogP contribution < -0.4 is 5.32 Å². The van der Waals surface area contributed by atoms with E-state index >= 15 is 0 Å². The van der Waals surface area contributed by atoms with E-state index < -0.39 is 17.6 Å². The molecule has 1 aliphatic rings. The zero-order valence-electron chi connectivity index (χ0n) is 13.5. The van der Waals surface area contributed by atoms with Crippen LogP contribution in [0.4, 0.5) is 17.6 Å². The fourth-order valence-corrected chi connectivity index (χ4v) is 3.59. The van der Waals surface area contributed by atoms with E-state index in [0.29, 0.717) is 17.7 Å². The van der Waals surface area contributed by atoms with Crippen LogP contribution in [0.5, 0.6) is 0 Å². The molecule has 0 unspecified atom stereocenters. The topological polar surface area (TPSA) is 17.0 Å². The normalized spacial score (nSPS) is 17.7. The Morgan fingerprint density at radius 1 is 1.08 bits per heavy atom. The van der Waals surface area contributed by atoms with Crippen LogP contribution in [-0.2, 0) is 12.7 Å². The molecule has 0 spiro atoms. The fraction of sp³-hybridized carbons (Fsp3) is 0.263. The molecule has 1 N–H and O–H groups in total. The highest BCUT2D eigenvalue weighted by Crippen LogP contribution is 2.37. The second-order valence-electron chi connectivity index (χ2n) is 6.45. The molecule has 3 aromatic rings. The van der Waals surface area contributed by atoms with E-state index in [4.69, 9.17) is 0 Å². The molecule has 2 heterocycles. The van der Waals surface area contributed by atoms with E-state index in [9.17, 15) is 17.6 Å². The zero-order chi connectivity index (χ0) is 17.8. The number of nitrogens with one attached hydrogen (secondary N) is 1. The highest BCUT2D eigenvalue weighted by molar-refractivity contribution is 5.95. The summed E-state index contributed by atoms with van der Waals surface area (Å²) in [6.07, 6.45) is -4.38. The van der Waals surface area contributed by atoms with Gasteiger partial charge in [-0.1, -0.05) is 12.1 Å². The molecule has 25 heavy (non-hydrogen) atoms. The van der Waals surface area contributed by atoms with Crippen LogP contribution in [0.2, 0.25) is 0 Å². The van der Waals surface area contributed by atoms with Gasteiger partial charge in [-0.15, -0.1) is 0 Å². The lowest BCUT2D eigenvalue weighted by molar-refractivity contribution is -0.137. The summed E-state index contributed by atoms with van der Waals surface area (Å²) in [7, 11) is 0. The highest BCUT2D eigenvalue weighted by atomic mass is 19.4. The minimum atomic E-state index is -4.38. The summed E-state index contributed by atoms with van der Waals surface area (Å²) in [5.41, 5.74) is 2.39. The third-order valence-corrected chi connectivity index (χ3v) is 4.69. The molecule has 0 saturated heterocycles. The number of hydrogen-bond donors (Lipinski definition) is 1. The van der Waals surface area contributed by atoms with Crippen molar-refractivity contribution in [2.24, 2.45) is 0 Å². The van der Waals surface area contributed by atoms with Crippen LogP contribution in [0.15, 0.2) is 42.5 Å². The largest absolute Gasteiger partial charge is 0.416 e. The highest BCUT2D eigenvalue weighted by Gasteiger charge is 2.30. The molecular formula is C19H16F4N2. The molecular weight excluding hydrogens is 332 g/mol. The van der Waals surface area contributed by atoms with Crippen molar-refractivity contribution in [3.8, 4) is 11.1 Å². The quantitative estimate of drug-likeness (QED) is 0.603. The Morgan fingerprint density at radius 3 is 2.48 bits per heavy atom. The summed E-state index contributed by atoms with van der Waals surface area (Å²) in [5.74, 6) is -0.397. The molecule has 0 bridgehead atoms. The summed E-state index contributed by atoms with van der Waals surface area (Å²) in [5, 5.41) is 4.07. The number of aromatic nitrogens is 1. The number of hydrogen-bond acceptors (Lipinski definition) is 1. The molecule has 2 nitrogen and oxygen atoms in total. The van der Waals surface area contributed by atoms with Gasteiger partial charge in [0.15, 0.2) is 0 Å². The van der Waals surface area contributed by atoms with Gasteiger partial charge in [-0.05, 0) is 42.8 Å². The standard InChI is InChI=1S/C19H16F4N2/c1-11-9-24-10-16-7-13-6-15(20)8-17(18(13)25(11)16)12-2-4-14(5-3-12)19(21,22)23/h2-8,11,24H,9-10H2,1H3/t11-/m1/s1. The van der Waals surface area contributed by atoms with E-state index in [0.717, 1.165) is 35.3 Å². The van der Waals surface area contributed by atoms with Gasteiger partial charge in [0.1, 0.15) is 5.82 Å². The lowest BCUT2D eigenvalue weighted by Crippen LogP contribution is -2.31. The van der Waals surface area contributed by atoms with Crippen LogP contribution >= 0.6 is 0 Å². The molecule has 4 rings (SSSR count). The first-order valence-corrected chi connectivity index (χ1v) is 8.06. The van der Waals surface area contributed by atoms with Crippen molar-refractivity contribution < 1.29 is 17.6 Å². The Hall–Kier alpha value is -2.34. The minimum absolute atomic E-state index is 0.180. The predicted molar refractivity (Wildman–Crippen MR) is 88.8 cm³/mol. The van der Waals surface area contributed by atoms with Gasteiger partial charge in [0.05, 0.1) is 11.1 Å². The van der Waals surface area contributed by atoms with E-state index in [-0.39, 0.29) is 6.04 Å². The van der Waals surface area contributed by atoms with Crippen LogP contribution in [0.1, 0.15) is 24.2 Å². The summed E-state index contributed by atoms with van der Waals surface area (Å²) >= 11 is 0. The Kier molecular flexibility index (Phi) is 3.61. The molecule has 0 amide bonds. The molecule has 0 aliphatic carbocycles. The first kappa shape index (κ1) is 16.1. The van der Waals surface area contributed by atoms with E-state index in [2.05, 4.69) is 16.8 Å². The number of rotatable bonds is 1. The average Bonchev–Trinajstić information content (AvgIpc) is 2.92. The maximum atomic E-state index is 14.1. The van der Waals surface area contributed by atoms with Crippen LogP contribution in [0, 0.1) is 5.82 Å². The van der Waals surface area contributed by atoms with Crippen molar-refractivity contribution in [2.75, 3.05) is 6.54 Å². The molecule has 6 heteroatoms. The van der Waals surface area contributed by atoms with E-state index in [1.54, 1.807) is 0 Å². The summed E-state index contributed by atoms with van der Waals surface area (Å²) in [4.78, 5) is 0. The molecule has 1 aromatic heterocycles. The molecule has 0 fully saturated rings. The van der Waals surface area contributed by atoms with E-state index in [1.165, 1.54) is 24.3 Å². The van der Waals surface area contributed by atoms with Crippen LogP contribution in [0.3, 0.4) is 0 Å². The van der Waals surface area contributed by atoms with Crippen LogP contribution in [-0.4, -0.2) is 11.1 Å². The maximum absolute atomic E-state index is 14.1. The second-order valence-corrected chi connectivity index (χ2v) is 6.45. The minimum Gasteiger partial charge on any atom is -0.339 e. The molecule has 0 saturated carbocycles. The first-order valence-electron chi connectivity index (χ1n) is 8.06. The molecule has 2 aromatic carbocycles. The Balaban J connectivity index is 1.94. The molecule has 1 aliphatic heterocycles. The van der Waals surface area contributed by atoms with Gasteiger partial charge in [0, 0.05) is 35.8 Å². The number of halogens is 4. The molecule has 0 radical (unpaired) electrons. The third kappa shape index (κ3) is 2.70. The first-order chi connectivity index (χ1) is 11.8. The Morgan fingerprint density at radius 2 is 1.80 bits per heavy atom. The SMILES string of the molecule is C[C@@H]1CNCc2cc3cc(F)cc(-c4ccc(C(F)(F)F)cc4)c3n21. The van der Waals surface area contributed by atoms with Crippen molar-refractivity contribution in [1.29, 1.82) is 0 Å². The van der Waals surface area contributed by atoms with Gasteiger partial charge in [-0.25, -0.2) is 4.39 Å². The summed E-state index contributed by atoms with van der Waals surface area (Å²) in [6, 6.07) is 9.88. The average molecular weight is 348 g/mol. The smallest absolute Gasteiger partial charge is 0.339 e. The van der Waals surface area contributed by atoms with Gasteiger partial charge in [0.2, 0.25) is 0 Å². The predicted octanol–water partition coefficient (Wildman–Crippen LogP) is 5.13. The number of fused-ring (bicyclic) bond motifs is 3. The van der Waals surface area contributed by atoms with Gasteiger partial charge in [0.25, 0.3) is 0 Å². The lowest BCUT2D eigenvalue weighted by Gasteiger charge is -2.25. The lowest BCUT2D eigenvalue weighted by atomic mass is 10.0. The number of benzene rings is 2. The van der Waals surface area contributed by atoms with Crippen molar-refractivity contribution in [3.05, 3.63) is 59.5 Å². The monoisotopic (exact) mass is 348 g/mol. The Labute approximate surface area is 142 Å². The maximum Gasteiger partial charge on any atom is 0.416 e. The Bertz CT molecular complexity index is 939. The fourth-order valence-electron chi connectivity index (χ4n) is 3.59. The molecule has 130 valence electrons. The van der Waals surface area contributed by atoms with Crippen molar-refractivity contribution in [1.82, 2.24) is 9.88 Å². The van der Waals surface area contributed by atoms with Gasteiger partial charge < -0.3 is 9.88 Å². The van der Waals surface area contributed by atoms with Crippen molar-refractivity contribution >= 4 is 10.9 Å². The molecule has 1 atom stereocenters. The number of alkyl halides is 3. The van der Waals surface area contributed by atoms with Crippen molar-refractivity contribution in [3.63, 3.8) is 0 Å². The van der Waals surface area contributed by atoms with Gasteiger partial charge >= 0.3 is 6.18 Å². The van der Waals surface area contributed by atoms with E-state index in [1.807, 2.05) is 6.07 Å². The van der Waals surface area contributed by atoms with Crippen molar-refractivity contribution in [2.45, 2.75) is 25.7 Å². The number of nitrogens with zero attached hydrogens (tertiary/aromatic N) is 1. The second kappa shape index (κ2) is 5.59. The van der Waals surface area contributed by atoms with Crippen LogP contribution in [0.25, 0.3) is 22.0 Å². The van der Waals surface area contributed by atoms with Gasteiger partial charge in [-0.3, -0.25) is 0 Å². The summed E-state index contributed by atoms with van der Waals surface area (Å²) < 4.78 is 54.6. The van der Waals surface area contributed by atoms with Gasteiger partial charge in [-0.2, -0.15) is 13.2 Å². The zero-order valence-corrected chi connectivity index (χ0v) is 13.5. The summed E-state index contributed by atoms with van der Waals surface area (Å²) in [6.45, 7) is 3.54.